The molecule has 2 fully saturated rings. The maximum atomic E-state index is 11.4. The van der Waals surface area contributed by atoms with Crippen LogP contribution in [0.2, 0.25) is 0 Å². The standard InChI is InChI=1S/C18H35NO/c1-4-15-6-5-8-18(20,9-7-15)17(14-19)12-10-16(2,3)11-13-17/h15,20H,4-14,19H2,1-3H3. The van der Waals surface area contributed by atoms with Crippen LogP contribution in [-0.4, -0.2) is 17.3 Å². The largest absolute Gasteiger partial charge is 0.389 e. The quantitative estimate of drug-likeness (QED) is 0.760. The minimum Gasteiger partial charge on any atom is -0.389 e. The summed E-state index contributed by atoms with van der Waals surface area (Å²) in [7, 11) is 0. The minimum absolute atomic E-state index is 0.00878. The van der Waals surface area contributed by atoms with Gasteiger partial charge in [0.25, 0.3) is 0 Å². The van der Waals surface area contributed by atoms with Gasteiger partial charge >= 0.3 is 0 Å². The summed E-state index contributed by atoms with van der Waals surface area (Å²) in [6.45, 7) is 7.67. The first-order valence-electron chi connectivity index (χ1n) is 8.79. The molecule has 0 aromatic rings. The van der Waals surface area contributed by atoms with Gasteiger partial charge in [0.1, 0.15) is 0 Å². The van der Waals surface area contributed by atoms with E-state index < -0.39 is 5.60 Å². The van der Waals surface area contributed by atoms with Gasteiger partial charge in [-0.2, -0.15) is 0 Å². The van der Waals surface area contributed by atoms with Gasteiger partial charge < -0.3 is 10.8 Å². The Kier molecular flexibility index (Phi) is 4.86. The zero-order valence-electron chi connectivity index (χ0n) is 13.9. The molecule has 2 unspecified atom stereocenters. The van der Waals surface area contributed by atoms with Crippen LogP contribution < -0.4 is 5.73 Å². The maximum Gasteiger partial charge on any atom is 0.0715 e. The SMILES string of the molecule is CCC1CCCC(O)(C2(CN)CCC(C)(C)CC2)CC1. The molecule has 0 heterocycles. The Labute approximate surface area is 125 Å². The molecule has 0 radical (unpaired) electrons. The molecule has 2 heteroatoms. The zero-order chi connectivity index (χ0) is 14.9. The molecule has 2 atom stereocenters. The number of aliphatic hydroxyl groups is 1. The summed E-state index contributed by atoms with van der Waals surface area (Å²) in [5.74, 6) is 0.818. The summed E-state index contributed by atoms with van der Waals surface area (Å²) < 4.78 is 0. The van der Waals surface area contributed by atoms with Gasteiger partial charge in [0.15, 0.2) is 0 Å². The van der Waals surface area contributed by atoms with Gasteiger partial charge in [-0.15, -0.1) is 0 Å². The molecule has 0 aliphatic heterocycles. The van der Waals surface area contributed by atoms with Gasteiger partial charge in [0.05, 0.1) is 5.60 Å². The van der Waals surface area contributed by atoms with Crippen LogP contribution in [0.15, 0.2) is 0 Å². The summed E-state index contributed by atoms with van der Waals surface area (Å²) in [6, 6.07) is 0. The Hall–Kier alpha value is -0.0800. The van der Waals surface area contributed by atoms with Crippen LogP contribution in [0.5, 0.6) is 0 Å². The highest BCUT2D eigenvalue weighted by Crippen LogP contribution is 2.54. The summed E-state index contributed by atoms with van der Waals surface area (Å²) >= 11 is 0. The van der Waals surface area contributed by atoms with Crippen molar-refractivity contribution in [1.82, 2.24) is 0 Å². The normalized spacial score (nSPS) is 37.4. The Bertz CT molecular complexity index is 315. The smallest absolute Gasteiger partial charge is 0.0715 e. The van der Waals surface area contributed by atoms with Crippen LogP contribution in [0.25, 0.3) is 0 Å². The second-order valence-corrected chi connectivity index (χ2v) is 8.39. The molecule has 118 valence electrons. The molecule has 0 aromatic carbocycles. The van der Waals surface area contributed by atoms with Gasteiger partial charge in [0, 0.05) is 12.0 Å². The molecule has 2 rings (SSSR count). The van der Waals surface area contributed by atoms with E-state index in [1.165, 1.54) is 38.5 Å². The van der Waals surface area contributed by atoms with Crippen molar-refractivity contribution in [3.05, 3.63) is 0 Å². The Morgan fingerprint density at radius 1 is 1.00 bits per heavy atom. The Morgan fingerprint density at radius 2 is 1.65 bits per heavy atom. The molecule has 0 saturated heterocycles. The third kappa shape index (κ3) is 3.06. The average Bonchev–Trinajstić information content (AvgIpc) is 2.62. The minimum atomic E-state index is -0.498. The Morgan fingerprint density at radius 3 is 2.20 bits per heavy atom. The summed E-state index contributed by atoms with van der Waals surface area (Å²) in [5.41, 5.74) is 6.13. The van der Waals surface area contributed by atoms with E-state index in [1.807, 2.05) is 0 Å². The molecule has 2 nitrogen and oxygen atoms in total. The lowest BCUT2D eigenvalue weighted by Crippen LogP contribution is -2.54. The molecular weight excluding hydrogens is 246 g/mol. The maximum absolute atomic E-state index is 11.4. The van der Waals surface area contributed by atoms with Gasteiger partial charge in [-0.1, -0.05) is 40.0 Å². The van der Waals surface area contributed by atoms with E-state index in [9.17, 15) is 5.11 Å². The van der Waals surface area contributed by atoms with Crippen molar-refractivity contribution in [2.45, 2.75) is 90.6 Å². The summed E-state index contributed by atoms with van der Waals surface area (Å²) in [4.78, 5) is 0. The first kappa shape index (κ1) is 16.3. The van der Waals surface area contributed by atoms with Crippen LogP contribution in [0, 0.1) is 16.7 Å². The fourth-order valence-electron chi connectivity index (χ4n) is 4.60. The second-order valence-electron chi connectivity index (χ2n) is 8.39. The van der Waals surface area contributed by atoms with Crippen molar-refractivity contribution in [3.63, 3.8) is 0 Å². The highest BCUT2D eigenvalue weighted by Gasteiger charge is 2.51. The van der Waals surface area contributed by atoms with E-state index in [-0.39, 0.29) is 5.41 Å². The van der Waals surface area contributed by atoms with Gasteiger partial charge in [-0.25, -0.2) is 0 Å². The third-order valence-electron chi connectivity index (χ3n) is 6.68. The van der Waals surface area contributed by atoms with Crippen molar-refractivity contribution in [1.29, 1.82) is 0 Å². The first-order valence-corrected chi connectivity index (χ1v) is 8.79. The summed E-state index contributed by atoms with van der Waals surface area (Å²) in [5, 5.41) is 11.4. The van der Waals surface area contributed by atoms with Crippen molar-refractivity contribution >= 4 is 0 Å². The summed E-state index contributed by atoms with van der Waals surface area (Å²) in [6.07, 6.45) is 11.5. The van der Waals surface area contributed by atoms with Crippen LogP contribution in [0.4, 0.5) is 0 Å². The number of hydrogen-bond donors (Lipinski definition) is 2. The highest BCUT2D eigenvalue weighted by atomic mass is 16.3. The van der Waals surface area contributed by atoms with Crippen molar-refractivity contribution in [2.24, 2.45) is 22.5 Å². The van der Waals surface area contributed by atoms with E-state index in [0.29, 0.717) is 12.0 Å². The Balaban J connectivity index is 2.13. The lowest BCUT2D eigenvalue weighted by molar-refractivity contribution is -0.121. The van der Waals surface area contributed by atoms with E-state index in [1.54, 1.807) is 0 Å². The number of nitrogens with two attached hydrogens (primary N) is 1. The predicted octanol–water partition coefficient (Wildman–Crippen LogP) is 4.25. The first-order chi connectivity index (χ1) is 9.36. The highest BCUT2D eigenvalue weighted by molar-refractivity contribution is 5.04. The van der Waals surface area contributed by atoms with Crippen molar-refractivity contribution < 1.29 is 5.11 Å². The molecule has 0 aromatic heterocycles. The lowest BCUT2D eigenvalue weighted by atomic mass is 9.56. The van der Waals surface area contributed by atoms with E-state index in [0.717, 1.165) is 31.6 Å². The molecule has 3 N–H and O–H groups in total. The molecular formula is C18H35NO. The van der Waals surface area contributed by atoms with Crippen LogP contribution in [0.3, 0.4) is 0 Å². The average molecular weight is 281 g/mol. The van der Waals surface area contributed by atoms with Crippen LogP contribution in [-0.2, 0) is 0 Å². The molecule has 0 spiro atoms. The van der Waals surface area contributed by atoms with E-state index in [2.05, 4.69) is 20.8 Å². The fraction of sp³-hybridized carbons (Fsp3) is 1.00. The number of rotatable bonds is 3. The molecule has 2 aliphatic rings. The van der Waals surface area contributed by atoms with Crippen molar-refractivity contribution in [2.75, 3.05) is 6.54 Å². The van der Waals surface area contributed by atoms with Gasteiger partial charge in [0.2, 0.25) is 0 Å². The van der Waals surface area contributed by atoms with Gasteiger partial charge in [-0.05, 0) is 56.3 Å². The van der Waals surface area contributed by atoms with Gasteiger partial charge in [-0.3, -0.25) is 0 Å². The predicted molar refractivity (Wildman–Crippen MR) is 85.6 cm³/mol. The monoisotopic (exact) mass is 281 g/mol. The zero-order valence-corrected chi connectivity index (χ0v) is 13.9. The number of hydrogen-bond acceptors (Lipinski definition) is 2. The van der Waals surface area contributed by atoms with Crippen LogP contribution >= 0.6 is 0 Å². The third-order valence-corrected chi connectivity index (χ3v) is 6.68. The molecule has 2 saturated carbocycles. The topological polar surface area (TPSA) is 46.2 Å². The van der Waals surface area contributed by atoms with E-state index >= 15 is 0 Å². The molecule has 20 heavy (non-hydrogen) atoms. The second kappa shape index (κ2) is 5.96. The van der Waals surface area contributed by atoms with Crippen molar-refractivity contribution in [3.8, 4) is 0 Å². The molecule has 0 amide bonds. The lowest BCUT2D eigenvalue weighted by Gasteiger charge is -2.52. The van der Waals surface area contributed by atoms with E-state index in [4.69, 9.17) is 5.73 Å². The molecule has 0 bridgehead atoms. The fourth-order valence-corrected chi connectivity index (χ4v) is 4.60. The molecule has 2 aliphatic carbocycles. The van der Waals surface area contributed by atoms with Crippen LogP contribution in [0.1, 0.15) is 85.0 Å².